The third-order valence-electron chi connectivity index (χ3n) is 6.12. The fourth-order valence-corrected chi connectivity index (χ4v) is 5.01. The van der Waals surface area contributed by atoms with Gasteiger partial charge >= 0.3 is 11.7 Å². The lowest BCUT2D eigenvalue weighted by molar-refractivity contribution is -0.122. The third-order valence-corrected chi connectivity index (χ3v) is 7.23. The van der Waals surface area contributed by atoms with Crippen molar-refractivity contribution in [3.8, 4) is 0 Å². The van der Waals surface area contributed by atoms with Crippen molar-refractivity contribution in [2.24, 2.45) is 17.1 Å². The topological polar surface area (TPSA) is 133 Å². The molecule has 0 saturated heterocycles. The number of rotatable bonds is 5. The van der Waals surface area contributed by atoms with Crippen molar-refractivity contribution in [1.29, 1.82) is 0 Å². The molecule has 1 saturated carbocycles. The van der Waals surface area contributed by atoms with Crippen LogP contribution in [0.15, 0.2) is 27.9 Å². The number of fused-ring (bicyclic) bond motifs is 1. The molecule has 3 rings (SSSR count). The summed E-state index contributed by atoms with van der Waals surface area (Å²) in [4.78, 5) is 38.5. The van der Waals surface area contributed by atoms with Crippen molar-refractivity contribution in [2.75, 3.05) is 6.26 Å². The highest BCUT2D eigenvalue weighted by atomic mass is 32.2. The number of primary amides is 1. The molecule has 0 bridgehead atoms. The van der Waals surface area contributed by atoms with Crippen molar-refractivity contribution >= 4 is 32.8 Å². The molecule has 32 heavy (non-hydrogen) atoms. The Morgan fingerprint density at radius 2 is 1.78 bits per heavy atom. The number of imidazole rings is 1. The standard InChI is InChI=1S/C22H32N4O5S/c1-22(2,3)18(19(23)27)24-20(28)26-16-11-10-15(32(4,30)31)12-17(16)25(21(26)29)13-14-8-6-5-7-9-14/h10-12,14,18H,5-9,13H2,1-4H3,(H2,23,27)(H,24,28)/t18-/m1/s1. The minimum absolute atomic E-state index is 0.0738. The van der Waals surface area contributed by atoms with Gasteiger partial charge in [-0.1, -0.05) is 40.0 Å². The molecule has 0 radical (unpaired) electrons. The molecule has 0 spiro atoms. The normalized spacial score (nSPS) is 16.8. The van der Waals surface area contributed by atoms with Gasteiger partial charge in [0.1, 0.15) is 6.04 Å². The van der Waals surface area contributed by atoms with Crippen LogP contribution in [0.2, 0.25) is 0 Å². The number of aromatic nitrogens is 2. The third kappa shape index (κ3) is 4.90. The zero-order chi connectivity index (χ0) is 23.8. The Morgan fingerprint density at radius 1 is 1.16 bits per heavy atom. The van der Waals surface area contributed by atoms with Crippen molar-refractivity contribution in [2.45, 2.75) is 70.4 Å². The molecule has 10 heteroatoms. The predicted octanol–water partition coefficient (Wildman–Crippen LogP) is 2.24. The zero-order valence-electron chi connectivity index (χ0n) is 19.1. The number of hydrogen-bond acceptors (Lipinski definition) is 5. The second kappa shape index (κ2) is 8.73. The number of nitrogens with two attached hydrogens (primary N) is 1. The van der Waals surface area contributed by atoms with Crippen LogP contribution in [-0.4, -0.2) is 41.8 Å². The van der Waals surface area contributed by atoms with Crippen LogP contribution in [0.1, 0.15) is 52.9 Å². The predicted molar refractivity (Wildman–Crippen MR) is 122 cm³/mol. The maximum Gasteiger partial charge on any atom is 0.337 e. The van der Waals surface area contributed by atoms with Gasteiger partial charge in [-0.3, -0.25) is 9.36 Å². The van der Waals surface area contributed by atoms with E-state index in [4.69, 9.17) is 5.73 Å². The van der Waals surface area contributed by atoms with Gasteiger partial charge < -0.3 is 11.1 Å². The fraction of sp³-hybridized carbons (Fsp3) is 0.591. The highest BCUT2D eigenvalue weighted by Gasteiger charge is 2.33. The summed E-state index contributed by atoms with van der Waals surface area (Å²) in [6, 6.07) is 2.51. The van der Waals surface area contributed by atoms with Crippen LogP contribution in [0.5, 0.6) is 0 Å². The fourth-order valence-electron chi connectivity index (χ4n) is 4.37. The lowest BCUT2D eigenvalue weighted by atomic mass is 9.86. The van der Waals surface area contributed by atoms with E-state index in [0.717, 1.165) is 42.9 Å². The minimum atomic E-state index is -3.50. The summed E-state index contributed by atoms with van der Waals surface area (Å²) in [5.74, 6) is -0.428. The van der Waals surface area contributed by atoms with Gasteiger partial charge in [0, 0.05) is 12.8 Å². The molecule has 2 amide bonds. The maximum atomic E-state index is 13.4. The summed E-state index contributed by atoms with van der Waals surface area (Å²) >= 11 is 0. The van der Waals surface area contributed by atoms with Crippen molar-refractivity contribution in [1.82, 2.24) is 14.5 Å². The largest absolute Gasteiger partial charge is 0.368 e. The number of amides is 2. The van der Waals surface area contributed by atoms with Crippen LogP contribution < -0.4 is 16.7 Å². The molecule has 1 aliphatic carbocycles. The highest BCUT2D eigenvalue weighted by Crippen LogP contribution is 2.27. The Hall–Kier alpha value is -2.62. The molecular formula is C22H32N4O5S. The Balaban J connectivity index is 2.13. The second-order valence-corrected chi connectivity index (χ2v) is 11.8. The summed E-state index contributed by atoms with van der Waals surface area (Å²) in [6.07, 6.45) is 6.38. The van der Waals surface area contributed by atoms with E-state index in [1.807, 2.05) is 0 Å². The van der Waals surface area contributed by atoms with Gasteiger partial charge in [-0.15, -0.1) is 0 Å². The van der Waals surface area contributed by atoms with Crippen LogP contribution in [-0.2, 0) is 21.2 Å². The summed E-state index contributed by atoms with van der Waals surface area (Å²) in [5, 5.41) is 2.59. The molecule has 1 fully saturated rings. The lowest BCUT2D eigenvalue weighted by Gasteiger charge is -2.28. The Morgan fingerprint density at radius 3 is 2.31 bits per heavy atom. The average molecular weight is 465 g/mol. The van der Waals surface area contributed by atoms with Crippen LogP contribution >= 0.6 is 0 Å². The Bertz CT molecular complexity index is 1200. The molecule has 1 atom stereocenters. The number of benzene rings is 1. The van der Waals surface area contributed by atoms with Crippen molar-refractivity contribution in [3.63, 3.8) is 0 Å². The van der Waals surface area contributed by atoms with Crippen molar-refractivity contribution < 1.29 is 18.0 Å². The van der Waals surface area contributed by atoms with Gasteiger partial charge in [-0.2, -0.15) is 0 Å². The van der Waals surface area contributed by atoms with Crippen LogP contribution in [0.25, 0.3) is 11.0 Å². The van der Waals surface area contributed by atoms with Crippen LogP contribution in [0, 0.1) is 11.3 Å². The van der Waals surface area contributed by atoms with E-state index in [-0.39, 0.29) is 16.3 Å². The molecule has 1 aromatic heterocycles. The average Bonchev–Trinajstić information content (AvgIpc) is 2.96. The zero-order valence-corrected chi connectivity index (χ0v) is 19.9. The van der Waals surface area contributed by atoms with Gasteiger partial charge in [0.2, 0.25) is 5.91 Å². The first kappa shape index (κ1) is 24.0. The highest BCUT2D eigenvalue weighted by molar-refractivity contribution is 7.90. The van der Waals surface area contributed by atoms with E-state index in [0.29, 0.717) is 12.1 Å². The summed E-state index contributed by atoms with van der Waals surface area (Å²) in [7, 11) is -3.50. The molecule has 1 aromatic carbocycles. The van der Waals surface area contributed by atoms with E-state index in [1.54, 1.807) is 20.8 Å². The van der Waals surface area contributed by atoms with Gasteiger partial charge in [-0.05, 0) is 42.4 Å². The molecule has 2 aromatic rings. The van der Waals surface area contributed by atoms with E-state index in [1.165, 1.54) is 22.8 Å². The first-order valence-corrected chi connectivity index (χ1v) is 12.8. The maximum absolute atomic E-state index is 13.4. The van der Waals surface area contributed by atoms with E-state index in [2.05, 4.69) is 5.32 Å². The van der Waals surface area contributed by atoms with E-state index >= 15 is 0 Å². The van der Waals surface area contributed by atoms with Crippen LogP contribution in [0.4, 0.5) is 4.79 Å². The molecule has 176 valence electrons. The molecule has 1 heterocycles. The summed E-state index contributed by atoms with van der Waals surface area (Å²) in [6.45, 7) is 5.68. The van der Waals surface area contributed by atoms with Gasteiger partial charge in [0.05, 0.1) is 15.9 Å². The van der Waals surface area contributed by atoms with Gasteiger partial charge in [0.15, 0.2) is 9.84 Å². The number of nitrogens with zero attached hydrogens (tertiary/aromatic N) is 2. The molecule has 0 unspecified atom stereocenters. The number of nitrogens with one attached hydrogen (secondary N) is 1. The van der Waals surface area contributed by atoms with Crippen LogP contribution in [0.3, 0.4) is 0 Å². The molecular weight excluding hydrogens is 432 g/mol. The Labute approximate surface area is 187 Å². The molecule has 0 aliphatic heterocycles. The molecule has 3 N–H and O–H groups in total. The van der Waals surface area contributed by atoms with Gasteiger partial charge in [-0.25, -0.2) is 22.6 Å². The smallest absolute Gasteiger partial charge is 0.337 e. The van der Waals surface area contributed by atoms with E-state index < -0.39 is 38.9 Å². The first-order valence-electron chi connectivity index (χ1n) is 10.9. The number of carbonyl (C=O) groups excluding carboxylic acids is 2. The summed E-state index contributed by atoms with van der Waals surface area (Å²) in [5.41, 5.74) is 4.93. The first-order chi connectivity index (χ1) is 14.8. The molecule has 1 aliphatic rings. The van der Waals surface area contributed by atoms with E-state index in [9.17, 15) is 22.8 Å². The SMILES string of the molecule is CC(C)(C)[C@H](NC(=O)n1c(=O)n(CC2CCCCC2)c2cc(S(C)(=O)=O)ccc21)C(N)=O. The second-order valence-electron chi connectivity index (χ2n) is 9.81. The number of hydrogen-bond donors (Lipinski definition) is 2. The van der Waals surface area contributed by atoms with Crippen molar-refractivity contribution in [3.05, 3.63) is 28.7 Å². The molecule has 9 nitrogen and oxygen atoms in total. The lowest BCUT2D eigenvalue weighted by Crippen LogP contribution is -2.54. The Kier molecular flexibility index (Phi) is 6.55. The quantitative estimate of drug-likeness (QED) is 0.700. The number of sulfone groups is 1. The minimum Gasteiger partial charge on any atom is -0.368 e. The van der Waals surface area contributed by atoms with Gasteiger partial charge in [0.25, 0.3) is 0 Å². The summed E-state index contributed by atoms with van der Waals surface area (Å²) < 4.78 is 26.7. The monoisotopic (exact) mass is 464 g/mol. The number of carbonyl (C=O) groups is 2.